The fourth-order valence-corrected chi connectivity index (χ4v) is 3.88. The maximum Gasteiger partial charge on any atom is 0.245 e. The van der Waals surface area contributed by atoms with Gasteiger partial charge in [-0.05, 0) is 71.1 Å². The average molecular weight is 400 g/mol. The molecule has 0 bridgehead atoms. The predicted molar refractivity (Wildman–Crippen MR) is 102 cm³/mol. The molecule has 144 valence electrons. The van der Waals surface area contributed by atoms with Crippen LogP contribution in [0.4, 0.5) is 4.39 Å². The molecule has 0 aliphatic heterocycles. The van der Waals surface area contributed by atoms with Crippen molar-refractivity contribution in [1.82, 2.24) is 25.5 Å². The van der Waals surface area contributed by atoms with Gasteiger partial charge in [0.05, 0.1) is 6.04 Å². The van der Waals surface area contributed by atoms with Crippen LogP contribution < -0.4 is 5.32 Å². The Morgan fingerprint density at radius 2 is 2.21 bits per heavy atom. The summed E-state index contributed by atoms with van der Waals surface area (Å²) in [6.07, 6.45) is 1.98. The molecule has 0 radical (unpaired) electrons. The molecule has 1 amide bonds. The summed E-state index contributed by atoms with van der Waals surface area (Å²) in [6.45, 7) is 1.73. The molecule has 0 fully saturated rings. The molecule has 2 aromatic carbocycles. The van der Waals surface area contributed by atoms with Crippen LogP contribution in [0.3, 0.4) is 0 Å². The van der Waals surface area contributed by atoms with E-state index in [2.05, 4.69) is 20.8 Å². The fraction of sp³-hybridized carbons (Fsp3) is 0.300. The van der Waals surface area contributed by atoms with Gasteiger partial charge in [-0.1, -0.05) is 29.8 Å². The number of aryl methyl sites for hydroxylation is 2. The van der Waals surface area contributed by atoms with Gasteiger partial charge in [-0.25, -0.2) is 9.07 Å². The number of nitrogens with zero attached hydrogens (tertiary/aromatic N) is 4. The number of benzene rings is 2. The van der Waals surface area contributed by atoms with Crippen LogP contribution in [0.5, 0.6) is 0 Å². The van der Waals surface area contributed by atoms with Crippen molar-refractivity contribution in [2.75, 3.05) is 0 Å². The second kappa shape index (κ2) is 7.67. The van der Waals surface area contributed by atoms with E-state index in [1.54, 1.807) is 19.1 Å². The lowest BCUT2D eigenvalue weighted by atomic mass is 10.0. The molecule has 1 heterocycles. The summed E-state index contributed by atoms with van der Waals surface area (Å²) in [5, 5.41) is 15.3. The lowest BCUT2D eigenvalue weighted by Gasteiger charge is -2.21. The molecule has 1 aromatic heterocycles. The van der Waals surface area contributed by atoms with Gasteiger partial charge < -0.3 is 5.32 Å². The van der Waals surface area contributed by atoms with Crippen LogP contribution in [0.1, 0.15) is 41.0 Å². The smallest absolute Gasteiger partial charge is 0.245 e. The van der Waals surface area contributed by atoms with Gasteiger partial charge in [0.15, 0.2) is 0 Å². The topological polar surface area (TPSA) is 72.7 Å². The van der Waals surface area contributed by atoms with Gasteiger partial charge >= 0.3 is 0 Å². The highest BCUT2D eigenvalue weighted by Gasteiger charge is 2.30. The van der Waals surface area contributed by atoms with Gasteiger partial charge in [0.1, 0.15) is 17.7 Å². The van der Waals surface area contributed by atoms with E-state index in [0.717, 1.165) is 18.4 Å². The number of amides is 1. The molecule has 1 aliphatic carbocycles. The minimum absolute atomic E-state index is 0.118. The van der Waals surface area contributed by atoms with Crippen molar-refractivity contribution >= 4 is 17.5 Å². The van der Waals surface area contributed by atoms with Crippen LogP contribution in [0.2, 0.25) is 5.02 Å². The Balaban J connectivity index is 1.59. The Labute approximate surface area is 166 Å². The zero-order chi connectivity index (χ0) is 19.7. The molecule has 0 saturated carbocycles. The van der Waals surface area contributed by atoms with Crippen molar-refractivity contribution in [3.05, 3.63) is 75.8 Å². The Hall–Kier alpha value is -2.80. The third kappa shape index (κ3) is 3.75. The second-order valence-electron chi connectivity index (χ2n) is 6.96. The van der Waals surface area contributed by atoms with Gasteiger partial charge in [0.25, 0.3) is 0 Å². The summed E-state index contributed by atoms with van der Waals surface area (Å²) in [5.41, 5.74) is 2.93. The highest BCUT2D eigenvalue weighted by molar-refractivity contribution is 6.30. The number of rotatable bonds is 5. The number of hydrogen-bond acceptors (Lipinski definition) is 4. The Kier molecular flexibility index (Phi) is 5.09. The number of halogens is 2. The van der Waals surface area contributed by atoms with Crippen molar-refractivity contribution in [2.24, 2.45) is 0 Å². The first kappa shape index (κ1) is 18.6. The van der Waals surface area contributed by atoms with Gasteiger partial charge in [0.2, 0.25) is 5.91 Å². The first-order chi connectivity index (χ1) is 13.5. The summed E-state index contributed by atoms with van der Waals surface area (Å²) < 4.78 is 15.1. The molecule has 1 aliphatic rings. The van der Waals surface area contributed by atoms with E-state index in [9.17, 15) is 9.18 Å². The third-order valence-corrected chi connectivity index (χ3v) is 5.31. The van der Waals surface area contributed by atoms with Crippen LogP contribution in [-0.4, -0.2) is 26.1 Å². The molecular formula is C20H19ClFN5O. The molecule has 3 aromatic rings. The number of nitrogens with one attached hydrogen (secondary N) is 1. The van der Waals surface area contributed by atoms with E-state index in [1.165, 1.54) is 22.4 Å². The van der Waals surface area contributed by atoms with E-state index in [1.807, 2.05) is 18.2 Å². The van der Waals surface area contributed by atoms with Crippen molar-refractivity contribution in [2.45, 2.75) is 38.3 Å². The van der Waals surface area contributed by atoms with Crippen molar-refractivity contribution < 1.29 is 9.18 Å². The maximum atomic E-state index is 13.6. The molecule has 0 spiro atoms. The highest BCUT2D eigenvalue weighted by atomic mass is 35.5. The molecular weight excluding hydrogens is 381 g/mol. The normalized spacial score (nSPS) is 16.6. The number of carbonyl (C=O) groups excluding carboxylic acids is 1. The molecule has 8 heteroatoms. The first-order valence-corrected chi connectivity index (χ1v) is 9.46. The zero-order valence-electron chi connectivity index (χ0n) is 15.3. The summed E-state index contributed by atoms with van der Waals surface area (Å²) in [6, 6.07) is 11.2. The summed E-state index contributed by atoms with van der Waals surface area (Å²) >= 11 is 6.13. The van der Waals surface area contributed by atoms with E-state index in [-0.39, 0.29) is 24.2 Å². The highest BCUT2D eigenvalue weighted by Crippen LogP contribution is 2.33. The fourth-order valence-electron chi connectivity index (χ4n) is 3.69. The van der Waals surface area contributed by atoms with Crippen LogP contribution in [0.15, 0.2) is 42.5 Å². The molecule has 2 unspecified atom stereocenters. The van der Waals surface area contributed by atoms with E-state index in [4.69, 9.17) is 11.6 Å². The summed E-state index contributed by atoms with van der Waals surface area (Å²) in [7, 11) is 0. The first-order valence-electron chi connectivity index (χ1n) is 9.09. The number of tetrazole rings is 1. The zero-order valence-corrected chi connectivity index (χ0v) is 16.0. The number of hydrogen-bond donors (Lipinski definition) is 1. The monoisotopic (exact) mass is 399 g/mol. The SMILES string of the molecule is Cc1nnnn1C(Cc1cccc(F)c1)C(=O)NC1CCc2ccc(Cl)cc21. The van der Waals surface area contributed by atoms with E-state index in [0.29, 0.717) is 16.4 Å². The summed E-state index contributed by atoms with van der Waals surface area (Å²) in [5.74, 6) is -0.0339. The molecule has 1 N–H and O–H groups in total. The van der Waals surface area contributed by atoms with Gasteiger partial charge in [-0.3, -0.25) is 4.79 Å². The van der Waals surface area contributed by atoms with Crippen molar-refractivity contribution in [1.29, 1.82) is 0 Å². The minimum atomic E-state index is -0.681. The third-order valence-electron chi connectivity index (χ3n) is 5.08. The van der Waals surface area contributed by atoms with Gasteiger partial charge in [-0.2, -0.15) is 0 Å². The maximum absolute atomic E-state index is 13.6. The lowest BCUT2D eigenvalue weighted by Crippen LogP contribution is -2.36. The van der Waals surface area contributed by atoms with Crippen molar-refractivity contribution in [3.8, 4) is 0 Å². The van der Waals surface area contributed by atoms with Crippen molar-refractivity contribution in [3.63, 3.8) is 0 Å². The second-order valence-corrected chi connectivity index (χ2v) is 7.40. The van der Waals surface area contributed by atoms with Crippen LogP contribution in [0, 0.1) is 12.7 Å². The average Bonchev–Trinajstić information content (AvgIpc) is 3.26. The lowest BCUT2D eigenvalue weighted by molar-refractivity contribution is -0.125. The van der Waals surface area contributed by atoms with E-state index >= 15 is 0 Å². The quantitative estimate of drug-likeness (QED) is 0.714. The number of aromatic nitrogens is 4. The standard InChI is InChI=1S/C20H19ClFN5O/c1-12-24-25-26-27(12)19(10-13-3-2-4-16(22)9-13)20(28)23-18-8-6-14-5-7-15(21)11-17(14)18/h2-5,7,9,11,18-19H,6,8,10H2,1H3,(H,23,28). The summed E-state index contributed by atoms with van der Waals surface area (Å²) in [4.78, 5) is 13.2. The minimum Gasteiger partial charge on any atom is -0.347 e. The van der Waals surface area contributed by atoms with E-state index < -0.39 is 6.04 Å². The Bertz CT molecular complexity index is 1020. The molecule has 6 nitrogen and oxygen atoms in total. The predicted octanol–water partition coefficient (Wildman–Crippen LogP) is 3.36. The number of fused-ring (bicyclic) bond motifs is 1. The van der Waals surface area contributed by atoms with Crippen LogP contribution in [-0.2, 0) is 17.6 Å². The molecule has 0 saturated heterocycles. The van der Waals surface area contributed by atoms with Gasteiger partial charge in [-0.15, -0.1) is 5.10 Å². The number of carbonyl (C=O) groups is 1. The van der Waals surface area contributed by atoms with Gasteiger partial charge in [0, 0.05) is 11.4 Å². The Morgan fingerprint density at radius 1 is 1.36 bits per heavy atom. The van der Waals surface area contributed by atoms with Crippen LogP contribution in [0.25, 0.3) is 0 Å². The Morgan fingerprint density at radius 3 is 2.96 bits per heavy atom. The molecule has 2 atom stereocenters. The molecule has 4 rings (SSSR count). The molecule has 28 heavy (non-hydrogen) atoms. The largest absolute Gasteiger partial charge is 0.347 e. The van der Waals surface area contributed by atoms with Crippen LogP contribution >= 0.6 is 11.6 Å².